The predicted molar refractivity (Wildman–Crippen MR) is 85.7 cm³/mol. The number of carbonyl (C=O) groups is 1. The van der Waals surface area contributed by atoms with Gasteiger partial charge in [-0.3, -0.25) is 4.79 Å². The Morgan fingerprint density at radius 3 is 2.43 bits per heavy atom. The predicted octanol–water partition coefficient (Wildman–Crippen LogP) is 4.70. The smallest absolute Gasteiger partial charge is 0.305 e. The first-order chi connectivity index (χ1) is 10.2. The van der Waals surface area contributed by atoms with E-state index in [-0.39, 0.29) is 5.97 Å². The fraction of sp³-hybridized carbons (Fsp3) is 0.611. The van der Waals surface area contributed by atoms with Crippen LogP contribution in [0.2, 0.25) is 0 Å². The molecular weight excluding hydrogens is 264 g/mol. The Labute approximate surface area is 128 Å². The maximum absolute atomic E-state index is 11.2. The molecule has 0 aliphatic carbocycles. The zero-order valence-corrected chi connectivity index (χ0v) is 13.6. The number of hydrogen-bond donors (Lipinski definition) is 0. The van der Waals surface area contributed by atoms with Gasteiger partial charge in [0.15, 0.2) is 0 Å². The van der Waals surface area contributed by atoms with Crippen LogP contribution in [0.5, 0.6) is 5.75 Å². The summed E-state index contributed by atoms with van der Waals surface area (Å²) >= 11 is 0. The van der Waals surface area contributed by atoms with Gasteiger partial charge in [-0.1, -0.05) is 26.0 Å². The third kappa shape index (κ3) is 7.16. The van der Waals surface area contributed by atoms with Gasteiger partial charge in [0.05, 0.1) is 13.2 Å². The van der Waals surface area contributed by atoms with Gasteiger partial charge < -0.3 is 9.47 Å². The van der Waals surface area contributed by atoms with Gasteiger partial charge in [0.25, 0.3) is 0 Å². The van der Waals surface area contributed by atoms with Gasteiger partial charge in [-0.05, 0) is 56.2 Å². The molecule has 0 N–H and O–H groups in total. The van der Waals surface area contributed by atoms with Crippen molar-refractivity contribution in [2.24, 2.45) is 0 Å². The third-order valence-electron chi connectivity index (χ3n) is 3.66. The molecule has 3 nitrogen and oxygen atoms in total. The summed E-state index contributed by atoms with van der Waals surface area (Å²) in [5, 5.41) is 0. The summed E-state index contributed by atoms with van der Waals surface area (Å²) in [4.78, 5) is 11.2. The lowest BCUT2D eigenvalue weighted by Crippen LogP contribution is -2.04. The van der Waals surface area contributed by atoms with Gasteiger partial charge in [0.2, 0.25) is 0 Å². The lowest BCUT2D eigenvalue weighted by atomic mass is 9.99. The Bertz CT molecular complexity index is 397. The molecule has 0 amide bonds. The van der Waals surface area contributed by atoms with E-state index in [1.54, 1.807) is 0 Å². The Morgan fingerprint density at radius 1 is 1.10 bits per heavy atom. The molecule has 118 valence electrons. The Hall–Kier alpha value is -1.51. The van der Waals surface area contributed by atoms with Gasteiger partial charge in [-0.2, -0.15) is 0 Å². The molecule has 0 aromatic heterocycles. The summed E-state index contributed by atoms with van der Waals surface area (Å²) < 4.78 is 10.6. The van der Waals surface area contributed by atoms with Crippen LogP contribution >= 0.6 is 0 Å². The third-order valence-corrected chi connectivity index (χ3v) is 3.66. The molecule has 21 heavy (non-hydrogen) atoms. The fourth-order valence-electron chi connectivity index (χ4n) is 2.10. The van der Waals surface area contributed by atoms with Gasteiger partial charge in [0, 0.05) is 6.42 Å². The monoisotopic (exact) mass is 292 g/mol. The number of carbonyl (C=O) groups excluding carboxylic acids is 1. The highest BCUT2D eigenvalue weighted by Gasteiger charge is 2.03. The number of hydrogen-bond acceptors (Lipinski definition) is 3. The fourth-order valence-corrected chi connectivity index (χ4v) is 2.10. The number of unbranched alkanes of at least 4 members (excludes halogenated alkanes) is 2. The van der Waals surface area contributed by atoms with E-state index in [4.69, 9.17) is 9.47 Å². The van der Waals surface area contributed by atoms with E-state index in [9.17, 15) is 4.79 Å². The summed E-state index contributed by atoms with van der Waals surface area (Å²) in [5.41, 5.74) is 1.36. The van der Waals surface area contributed by atoms with Crippen molar-refractivity contribution in [1.82, 2.24) is 0 Å². The van der Waals surface area contributed by atoms with Crippen LogP contribution in [-0.2, 0) is 9.53 Å². The number of benzene rings is 1. The molecule has 1 aromatic carbocycles. The lowest BCUT2D eigenvalue weighted by Gasteiger charge is -2.10. The maximum Gasteiger partial charge on any atom is 0.305 e. The second kappa shape index (κ2) is 10.3. The Kier molecular flexibility index (Phi) is 8.56. The average molecular weight is 292 g/mol. The number of esters is 1. The largest absolute Gasteiger partial charge is 0.494 e. The minimum Gasteiger partial charge on any atom is -0.494 e. The van der Waals surface area contributed by atoms with Gasteiger partial charge in [0.1, 0.15) is 5.75 Å². The molecule has 0 saturated heterocycles. The first-order valence-corrected chi connectivity index (χ1v) is 8.05. The highest BCUT2D eigenvalue weighted by molar-refractivity contribution is 5.69. The van der Waals surface area contributed by atoms with Crippen LogP contribution < -0.4 is 4.74 Å². The van der Waals surface area contributed by atoms with Crippen molar-refractivity contribution in [3.05, 3.63) is 29.8 Å². The molecule has 0 fully saturated rings. The summed E-state index contributed by atoms with van der Waals surface area (Å²) in [6.45, 7) is 7.43. The molecule has 0 radical (unpaired) electrons. The molecule has 0 aliphatic heterocycles. The molecule has 1 unspecified atom stereocenters. The van der Waals surface area contributed by atoms with E-state index in [2.05, 4.69) is 26.0 Å². The van der Waals surface area contributed by atoms with Crippen molar-refractivity contribution < 1.29 is 14.3 Å². The first-order valence-electron chi connectivity index (χ1n) is 8.05. The van der Waals surface area contributed by atoms with Crippen LogP contribution in [0.25, 0.3) is 0 Å². The number of ether oxygens (including phenoxy) is 2. The van der Waals surface area contributed by atoms with E-state index >= 15 is 0 Å². The zero-order valence-electron chi connectivity index (χ0n) is 13.6. The second-order valence-electron chi connectivity index (χ2n) is 5.34. The molecule has 1 atom stereocenters. The molecule has 0 spiro atoms. The summed E-state index contributed by atoms with van der Waals surface area (Å²) in [6.07, 6.45) is 4.49. The highest BCUT2D eigenvalue weighted by Crippen LogP contribution is 2.21. The van der Waals surface area contributed by atoms with E-state index in [1.165, 1.54) is 5.56 Å². The van der Waals surface area contributed by atoms with Gasteiger partial charge in [-0.25, -0.2) is 0 Å². The quantitative estimate of drug-likeness (QED) is 0.463. The van der Waals surface area contributed by atoms with Crippen molar-refractivity contribution in [2.45, 2.75) is 58.8 Å². The standard InChI is InChI=1S/C18H28O3/c1-4-15(3)16-10-12-17(13-11-16)21-14-8-6-7-9-18(19)20-5-2/h10-13,15H,4-9,14H2,1-3H3. The number of rotatable bonds is 10. The van der Waals surface area contributed by atoms with Crippen molar-refractivity contribution in [1.29, 1.82) is 0 Å². The van der Waals surface area contributed by atoms with Crippen molar-refractivity contribution in [3.8, 4) is 5.75 Å². The van der Waals surface area contributed by atoms with Crippen molar-refractivity contribution >= 4 is 5.97 Å². The van der Waals surface area contributed by atoms with E-state index in [1.807, 2.05) is 19.1 Å². The lowest BCUT2D eigenvalue weighted by molar-refractivity contribution is -0.143. The molecule has 1 aromatic rings. The van der Waals surface area contributed by atoms with Gasteiger partial charge in [-0.15, -0.1) is 0 Å². The molecule has 3 heteroatoms. The molecule has 0 heterocycles. The van der Waals surface area contributed by atoms with Gasteiger partial charge >= 0.3 is 5.97 Å². The maximum atomic E-state index is 11.2. The summed E-state index contributed by atoms with van der Waals surface area (Å²) in [5.74, 6) is 1.42. The minimum absolute atomic E-state index is 0.0981. The van der Waals surface area contributed by atoms with Crippen LogP contribution in [0.15, 0.2) is 24.3 Å². The van der Waals surface area contributed by atoms with Crippen LogP contribution in [-0.4, -0.2) is 19.2 Å². The SMILES string of the molecule is CCOC(=O)CCCCCOc1ccc(C(C)CC)cc1. The Morgan fingerprint density at radius 2 is 1.81 bits per heavy atom. The minimum atomic E-state index is -0.0981. The molecular formula is C18H28O3. The van der Waals surface area contributed by atoms with E-state index < -0.39 is 0 Å². The highest BCUT2D eigenvalue weighted by atomic mass is 16.5. The second-order valence-corrected chi connectivity index (χ2v) is 5.34. The first kappa shape index (κ1) is 17.5. The molecule has 0 saturated carbocycles. The van der Waals surface area contributed by atoms with Crippen LogP contribution in [0.1, 0.15) is 64.4 Å². The van der Waals surface area contributed by atoms with Crippen LogP contribution in [0, 0.1) is 0 Å². The topological polar surface area (TPSA) is 35.5 Å². The molecule has 0 aliphatic rings. The Balaban J connectivity index is 2.14. The van der Waals surface area contributed by atoms with Crippen molar-refractivity contribution in [3.63, 3.8) is 0 Å². The average Bonchev–Trinajstić information content (AvgIpc) is 2.51. The summed E-state index contributed by atoms with van der Waals surface area (Å²) in [6, 6.07) is 8.37. The van der Waals surface area contributed by atoms with E-state index in [0.29, 0.717) is 25.6 Å². The summed E-state index contributed by atoms with van der Waals surface area (Å²) in [7, 11) is 0. The van der Waals surface area contributed by atoms with Crippen LogP contribution in [0.4, 0.5) is 0 Å². The zero-order chi connectivity index (χ0) is 15.5. The van der Waals surface area contributed by atoms with Crippen molar-refractivity contribution in [2.75, 3.05) is 13.2 Å². The normalized spacial score (nSPS) is 12.0. The molecule has 1 rings (SSSR count). The van der Waals surface area contributed by atoms with Crippen LogP contribution in [0.3, 0.4) is 0 Å². The molecule has 0 bridgehead atoms. The van der Waals surface area contributed by atoms with E-state index in [0.717, 1.165) is 31.4 Å².